The van der Waals surface area contributed by atoms with Gasteiger partial charge in [-0.2, -0.15) is 0 Å². The zero-order valence-corrected chi connectivity index (χ0v) is 18.9. The predicted octanol–water partition coefficient (Wildman–Crippen LogP) is 2.64. The molecule has 0 bridgehead atoms. The Morgan fingerprint density at radius 1 is 1.21 bits per heavy atom. The van der Waals surface area contributed by atoms with E-state index < -0.39 is 21.4 Å². The van der Waals surface area contributed by atoms with Crippen molar-refractivity contribution in [1.29, 1.82) is 0 Å². The van der Waals surface area contributed by atoms with Crippen molar-refractivity contribution in [1.82, 2.24) is 10.3 Å². The molecule has 9 nitrogen and oxygen atoms in total. The molecule has 0 saturated carbocycles. The molecule has 1 aliphatic rings. The van der Waals surface area contributed by atoms with E-state index in [0.29, 0.717) is 36.7 Å². The van der Waals surface area contributed by atoms with Crippen molar-refractivity contribution in [2.75, 3.05) is 24.5 Å². The summed E-state index contributed by atoms with van der Waals surface area (Å²) < 4.78 is 39.1. The van der Waals surface area contributed by atoms with Crippen molar-refractivity contribution >= 4 is 32.5 Å². The molecular formula is C23H25N3O6S. The van der Waals surface area contributed by atoms with Crippen molar-refractivity contribution < 1.29 is 22.7 Å². The predicted molar refractivity (Wildman–Crippen MR) is 124 cm³/mol. The highest BCUT2D eigenvalue weighted by Gasteiger charge is 2.20. The van der Waals surface area contributed by atoms with Gasteiger partial charge in [0.15, 0.2) is 0 Å². The minimum atomic E-state index is -3.96. The summed E-state index contributed by atoms with van der Waals surface area (Å²) in [4.78, 5) is 28.3. The molecule has 3 aromatic rings. The number of rotatable bonds is 8. The Bertz CT molecular complexity index is 1310. The van der Waals surface area contributed by atoms with E-state index >= 15 is 0 Å². The van der Waals surface area contributed by atoms with E-state index in [9.17, 15) is 18.0 Å². The van der Waals surface area contributed by atoms with Gasteiger partial charge in [0.05, 0.1) is 17.6 Å². The fourth-order valence-corrected chi connectivity index (χ4v) is 4.72. The lowest BCUT2D eigenvalue weighted by atomic mass is 10.1. The first-order chi connectivity index (χ1) is 15.9. The van der Waals surface area contributed by atoms with E-state index in [1.54, 1.807) is 24.3 Å². The zero-order chi connectivity index (χ0) is 23.4. The van der Waals surface area contributed by atoms with Crippen LogP contribution in [0.5, 0.6) is 5.75 Å². The van der Waals surface area contributed by atoms with Crippen molar-refractivity contribution in [2.24, 2.45) is 0 Å². The van der Waals surface area contributed by atoms with Crippen LogP contribution in [0.2, 0.25) is 0 Å². The third kappa shape index (κ3) is 5.18. The molecule has 0 aliphatic carbocycles. The van der Waals surface area contributed by atoms with Gasteiger partial charge in [-0.15, -0.1) is 0 Å². The van der Waals surface area contributed by atoms with Crippen LogP contribution in [0.1, 0.15) is 30.1 Å². The topological polar surface area (TPSA) is 127 Å². The highest BCUT2D eigenvalue weighted by molar-refractivity contribution is 7.92. The fourth-order valence-electron chi connectivity index (χ4n) is 3.64. The maximum absolute atomic E-state index is 13.0. The van der Waals surface area contributed by atoms with Gasteiger partial charge in [-0.25, -0.2) is 8.42 Å². The summed E-state index contributed by atoms with van der Waals surface area (Å²) in [6, 6.07) is 10.7. The van der Waals surface area contributed by atoms with E-state index in [1.165, 1.54) is 24.4 Å². The molecule has 10 heteroatoms. The maximum atomic E-state index is 13.0. The summed E-state index contributed by atoms with van der Waals surface area (Å²) in [7, 11) is -3.96. The highest BCUT2D eigenvalue weighted by atomic mass is 32.2. The number of sulfonamides is 1. The lowest BCUT2D eigenvalue weighted by Crippen LogP contribution is -2.34. The van der Waals surface area contributed by atoms with Gasteiger partial charge in [0, 0.05) is 35.9 Å². The number of pyridine rings is 1. The summed E-state index contributed by atoms with van der Waals surface area (Å²) in [5.41, 5.74) is 0.145. The Morgan fingerprint density at radius 2 is 2.00 bits per heavy atom. The molecular weight excluding hydrogens is 446 g/mol. The Labute approximate surface area is 191 Å². The number of nitrogens with one attached hydrogen (secondary N) is 3. The van der Waals surface area contributed by atoms with Gasteiger partial charge in [0.2, 0.25) is 5.43 Å². The lowest BCUT2D eigenvalue weighted by Gasteiger charge is -2.12. The Hall–Kier alpha value is -3.37. The van der Waals surface area contributed by atoms with Crippen LogP contribution in [0.3, 0.4) is 0 Å². The fraction of sp³-hybridized carbons (Fsp3) is 0.304. The molecule has 1 saturated heterocycles. The van der Waals surface area contributed by atoms with Gasteiger partial charge in [-0.1, -0.05) is 0 Å². The molecule has 0 unspecified atom stereocenters. The van der Waals surface area contributed by atoms with E-state index in [0.717, 1.165) is 12.8 Å². The molecule has 2 aromatic carbocycles. The maximum Gasteiger partial charge on any atom is 0.261 e. The Morgan fingerprint density at radius 3 is 2.70 bits per heavy atom. The summed E-state index contributed by atoms with van der Waals surface area (Å²) >= 11 is 0. The molecule has 1 amide bonds. The number of amides is 1. The molecule has 0 radical (unpaired) electrons. The third-order valence-corrected chi connectivity index (χ3v) is 6.72. The molecule has 1 fully saturated rings. The number of H-pyrrole nitrogens is 1. The zero-order valence-electron chi connectivity index (χ0n) is 18.1. The number of ether oxygens (including phenoxy) is 2. The molecule has 1 aromatic heterocycles. The second-order valence-electron chi connectivity index (χ2n) is 7.65. The number of hydrogen-bond acceptors (Lipinski definition) is 6. The second kappa shape index (κ2) is 9.63. The number of carbonyl (C=O) groups is 1. The van der Waals surface area contributed by atoms with Gasteiger partial charge in [-0.3, -0.25) is 14.3 Å². The SMILES string of the molecule is CCOc1ccc(NS(=O)(=O)c2ccc3[nH]cc(C(=O)NC[C@@H]4CCCO4)c(=O)c3c2)cc1. The van der Waals surface area contributed by atoms with Crippen LogP contribution >= 0.6 is 0 Å². The minimum absolute atomic E-state index is 0.0566. The standard InChI is InChI=1S/C23H25N3O6S/c1-2-31-16-7-5-15(6-8-16)26-33(29,30)18-9-10-21-19(12-18)22(27)20(14-24-21)23(28)25-13-17-4-3-11-32-17/h5-10,12,14,17,26H,2-4,11,13H2,1H3,(H,24,27)(H,25,28)/t17-/m0/s1. The molecule has 0 spiro atoms. The van der Waals surface area contributed by atoms with Gasteiger partial charge >= 0.3 is 0 Å². The summed E-state index contributed by atoms with van der Waals surface area (Å²) in [5, 5.41) is 2.82. The number of carbonyl (C=O) groups excluding carboxylic acids is 1. The smallest absolute Gasteiger partial charge is 0.261 e. The van der Waals surface area contributed by atoms with Crippen LogP contribution in [-0.4, -0.2) is 45.2 Å². The molecule has 3 N–H and O–H groups in total. The van der Waals surface area contributed by atoms with Crippen molar-refractivity contribution in [3.8, 4) is 5.75 Å². The first-order valence-electron chi connectivity index (χ1n) is 10.7. The van der Waals surface area contributed by atoms with E-state index in [2.05, 4.69) is 15.0 Å². The van der Waals surface area contributed by atoms with Crippen LogP contribution in [0, 0.1) is 0 Å². The Balaban J connectivity index is 1.57. The number of aromatic nitrogens is 1. The van der Waals surface area contributed by atoms with E-state index in [4.69, 9.17) is 9.47 Å². The summed E-state index contributed by atoms with van der Waals surface area (Å²) in [6.45, 7) is 3.35. The van der Waals surface area contributed by atoms with Crippen molar-refractivity contribution in [3.05, 3.63) is 64.4 Å². The number of anilines is 1. The van der Waals surface area contributed by atoms with Crippen LogP contribution in [0.25, 0.3) is 10.9 Å². The first-order valence-corrected chi connectivity index (χ1v) is 12.2. The molecule has 174 valence electrons. The lowest BCUT2D eigenvalue weighted by molar-refractivity contribution is 0.0857. The molecule has 1 atom stereocenters. The van der Waals surface area contributed by atoms with E-state index in [-0.39, 0.29) is 21.9 Å². The number of fused-ring (bicyclic) bond motifs is 1. The normalized spacial score (nSPS) is 16.0. The monoisotopic (exact) mass is 471 g/mol. The van der Waals surface area contributed by atoms with Crippen molar-refractivity contribution in [3.63, 3.8) is 0 Å². The molecule has 4 rings (SSSR count). The van der Waals surface area contributed by atoms with Crippen LogP contribution < -0.4 is 20.2 Å². The first kappa shape index (κ1) is 22.8. The number of hydrogen-bond donors (Lipinski definition) is 3. The van der Waals surface area contributed by atoms with Crippen LogP contribution in [-0.2, 0) is 14.8 Å². The average Bonchev–Trinajstić information content (AvgIpc) is 3.33. The molecule has 2 heterocycles. The number of benzene rings is 2. The summed E-state index contributed by atoms with van der Waals surface area (Å²) in [5.74, 6) is 0.0948. The molecule has 1 aliphatic heterocycles. The van der Waals surface area contributed by atoms with Gasteiger partial charge in [0.1, 0.15) is 11.3 Å². The van der Waals surface area contributed by atoms with Crippen molar-refractivity contribution in [2.45, 2.75) is 30.8 Å². The van der Waals surface area contributed by atoms with Gasteiger partial charge in [-0.05, 0) is 62.2 Å². The highest BCUT2D eigenvalue weighted by Crippen LogP contribution is 2.21. The van der Waals surface area contributed by atoms with Gasteiger partial charge < -0.3 is 19.8 Å². The van der Waals surface area contributed by atoms with Crippen LogP contribution in [0.4, 0.5) is 5.69 Å². The second-order valence-corrected chi connectivity index (χ2v) is 9.33. The van der Waals surface area contributed by atoms with Gasteiger partial charge in [0.25, 0.3) is 15.9 Å². The Kier molecular flexibility index (Phi) is 6.66. The third-order valence-electron chi connectivity index (χ3n) is 5.34. The average molecular weight is 472 g/mol. The van der Waals surface area contributed by atoms with E-state index in [1.807, 2.05) is 6.92 Å². The minimum Gasteiger partial charge on any atom is -0.494 e. The largest absolute Gasteiger partial charge is 0.494 e. The molecule has 33 heavy (non-hydrogen) atoms. The quantitative estimate of drug-likeness (QED) is 0.464. The summed E-state index contributed by atoms with van der Waals surface area (Å²) in [6.07, 6.45) is 3.08. The van der Waals surface area contributed by atoms with Crippen LogP contribution in [0.15, 0.2) is 58.4 Å². The number of aromatic amines is 1.